The summed E-state index contributed by atoms with van der Waals surface area (Å²) in [5.41, 5.74) is 0. The smallest absolute Gasteiger partial charge is 0.315 e. The molecule has 0 bridgehead atoms. The van der Waals surface area contributed by atoms with Gasteiger partial charge in [-0.3, -0.25) is 0 Å². The summed E-state index contributed by atoms with van der Waals surface area (Å²) in [4.78, 5) is 11.0. The summed E-state index contributed by atoms with van der Waals surface area (Å²) in [6.45, 7) is 1.82. The molecule has 4 heteroatoms. The van der Waals surface area contributed by atoms with E-state index in [1.807, 2.05) is 13.0 Å². The molecular formula is C8H13N3O. The Morgan fingerprint density at radius 2 is 2.42 bits per heavy atom. The summed E-state index contributed by atoms with van der Waals surface area (Å²) in [7, 11) is 0. The lowest BCUT2D eigenvalue weighted by molar-refractivity contribution is 0.237. The minimum Gasteiger partial charge on any atom is -0.335 e. The third-order valence-corrected chi connectivity index (χ3v) is 1.69. The molecule has 0 heterocycles. The van der Waals surface area contributed by atoms with Gasteiger partial charge in [0.2, 0.25) is 0 Å². The van der Waals surface area contributed by atoms with Crippen LogP contribution in [0.25, 0.3) is 0 Å². The number of nitrogens with one attached hydrogen (secondary N) is 2. The number of carbonyl (C=O) groups excluding carboxylic acids is 1. The Labute approximate surface area is 71.9 Å². The van der Waals surface area contributed by atoms with Crippen molar-refractivity contribution in [3.8, 4) is 6.07 Å². The second-order valence-electron chi connectivity index (χ2n) is 3.16. The van der Waals surface area contributed by atoms with E-state index in [1.54, 1.807) is 0 Å². The molecule has 4 nitrogen and oxygen atoms in total. The molecule has 0 spiro atoms. The minimum absolute atomic E-state index is 0.0613. The molecule has 0 aromatic carbocycles. The van der Waals surface area contributed by atoms with Crippen molar-refractivity contribution in [1.82, 2.24) is 10.6 Å². The molecule has 12 heavy (non-hydrogen) atoms. The molecule has 1 aliphatic carbocycles. The number of carbonyl (C=O) groups is 1. The molecule has 0 aliphatic heterocycles. The first-order valence-electron chi connectivity index (χ1n) is 4.16. The van der Waals surface area contributed by atoms with Crippen LogP contribution in [0.4, 0.5) is 4.79 Å². The van der Waals surface area contributed by atoms with Gasteiger partial charge in [0, 0.05) is 12.1 Å². The summed E-state index contributed by atoms with van der Waals surface area (Å²) in [6.07, 6.45) is 2.53. The van der Waals surface area contributed by atoms with Crippen LogP contribution in [-0.4, -0.2) is 18.1 Å². The number of nitrogens with zero attached hydrogens (tertiary/aromatic N) is 1. The van der Waals surface area contributed by atoms with Gasteiger partial charge in [0.1, 0.15) is 0 Å². The van der Waals surface area contributed by atoms with Crippen molar-refractivity contribution in [2.75, 3.05) is 0 Å². The summed E-state index contributed by atoms with van der Waals surface area (Å²) in [6, 6.07) is 2.16. The number of amides is 2. The zero-order valence-electron chi connectivity index (χ0n) is 7.13. The fourth-order valence-corrected chi connectivity index (χ4v) is 0.866. The lowest BCUT2D eigenvalue weighted by Crippen LogP contribution is -2.41. The van der Waals surface area contributed by atoms with Gasteiger partial charge in [-0.15, -0.1) is 0 Å². The lowest BCUT2D eigenvalue weighted by Gasteiger charge is -2.10. The summed E-state index contributed by atoms with van der Waals surface area (Å²) in [5.74, 6) is 0. The molecule has 0 saturated heterocycles. The molecule has 0 aromatic heterocycles. The van der Waals surface area contributed by atoms with Crippen molar-refractivity contribution in [3.05, 3.63) is 0 Å². The quantitative estimate of drug-likeness (QED) is 0.651. The number of hydrogen-bond acceptors (Lipinski definition) is 2. The topological polar surface area (TPSA) is 64.9 Å². The molecule has 2 N–H and O–H groups in total. The second-order valence-corrected chi connectivity index (χ2v) is 3.16. The largest absolute Gasteiger partial charge is 0.335 e. The number of urea groups is 1. The van der Waals surface area contributed by atoms with Crippen LogP contribution in [0.3, 0.4) is 0 Å². The van der Waals surface area contributed by atoms with Crippen LogP contribution in [0.5, 0.6) is 0 Å². The van der Waals surface area contributed by atoms with E-state index in [2.05, 4.69) is 10.6 Å². The van der Waals surface area contributed by atoms with E-state index in [0.29, 0.717) is 12.5 Å². The van der Waals surface area contributed by atoms with Crippen LogP contribution in [0, 0.1) is 11.3 Å². The van der Waals surface area contributed by atoms with Crippen molar-refractivity contribution >= 4 is 6.03 Å². The molecular weight excluding hydrogens is 154 g/mol. The Bertz CT molecular complexity index is 205. The number of nitriles is 1. The van der Waals surface area contributed by atoms with E-state index < -0.39 is 0 Å². The van der Waals surface area contributed by atoms with Gasteiger partial charge in [-0.25, -0.2) is 4.79 Å². The standard InChI is InChI=1S/C8H13N3O/c1-6(4-5-9)10-8(12)11-7-2-3-7/h6-7H,2-4H2,1H3,(H2,10,11,12). The average molecular weight is 167 g/mol. The van der Waals surface area contributed by atoms with Crippen LogP contribution in [0.1, 0.15) is 26.2 Å². The first-order valence-corrected chi connectivity index (χ1v) is 4.16. The maximum absolute atomic E-state index is 11.0. The van der Waals surface area contributed by atoms with E-state index in [1.165, 1.54) is 0 Å². The Kier molecular flexibility index (Phi) is 2.92. The average Bonchev–Trinajstić information content (AvgIpc) is 2.71. The molecule has 2 amide bonds. The Morgan fingerprint density at radius 1 is 1.75 bits per heavy atom. The van der Waals surface area contributed by atoms with E-state index in [0.717, 1.165) is 12.8 Å². The number of rotatable bonds is 3. The fourth-order valence-electron chi connectivity index (χ4n) is 0.866. The number of hydrogen-bond donors (Lipinski definition) is 2. The molecule has 1 saturated carbocycles. The maximum atomic E-state index is 11.0. The van der Waals surface area contributed by atoms with Gasteiger partial charge in [0.25, 0.3) is 0 Å². The fraction of sp³-hybridized carbons (Fsp3) is 0.750. The van der Waals surface area contributed by atoms with E-state index in [9.17, 15) is 4.79 Å². The molecule has 1 unspecified atom stereocenters. The van der Waals surface area contributed by atoms with Gasteiger partial charge < -0.3 is 10.6 Å². The van der Waals surface area contributed by atoms with Gasteiger partial charge in [-0.2, -0.15) is 5.26 Å². The van der Waals surface area contributed by atoms with Crippen LogP contribution in [-0.2, 0) is 0 Å². The van der Waals surface area contributed by atoms with Gasteiger partial charge in [-0.05, 0) is 19.8 Å². The predicted octanol–water partition coefficient (Wildman–Crippen LogP) is 0.750. The van der Waals surface area contributed by atoms with E-state index >= 15 is 0 Å². The summed E-state index contributed by atoms with van der Waals surface area (Å²) in [5, 5.41) is 13.8. The van der Waals surface area contributed by atoms with Crippen LogP contribution in [0.15, 0.2) is 0 Å². The molecule has 0 aromatic rings. The zero-order chi connectivity index (χ0) is 8.97. The Balaban J connectivity index is 2.11. The SMILES string of the molecule is CC(CC#N)NC(=O)NC1CC1. The normalized spacial score (nSPS) is 17.7. The molecule has 1 atom stereocenters. The predicted molar refractivity (Wildman–Crippen MR) is 44.4 cm³/mol. The molecule has 1 fully saturated rings. The highest BCUT2D eigenvalue weighted by molar-refractivity contribution is 5.74. The molecule has 66 valence electrons. The third-order valence-electron chi connectivity index (χ3n) is 1.69. The van der Waals surface area contributed by atoms with Crippen molar-refractivity contribution in [2.24, 2.45) is 0 Å². The monoisotopic (exact) mass is 167 g/mol. The van der Waals surface area contributed by atoms with Crippen molar-refractivity contribution in [3.63, 3.8) is 0 Å². The summed E-state index contributed by atoms with van der Waals surface area (Å²) < 4.78 is 0. The zero-order valence-corrected chi connectivity index (χ0v) is 7.13. The maximum Gasteiger partial charge on any atom is 0.315 e. The first kappa shape index (κ1) is 8.85. The third kappa shape index (κ3) is 3.24. The highest BCUT2D eigenvalue weighted by Crippen LogP contribution is 2.18. The Hall–Kier alpha value is -1.24. The van der Waals surface area contributed by atoms with Gasteiger partial charge in [0.15, 0.2) is 0 Å². The van der Waals surface area contributed by atoms with E-state index in [4.69, 9.17) is 5.26 Å². The van der Waals surface area contributed by atoms with Crippen molar-refractivity contribution < 1.29 is 4.79 Å². The van der Waals surface area contributed by atoms with Crippen LogP contribution >= 0.6 is 0 Å². The van der Waals surface area contributed by atoms with Gasteiger partial charge in [-0.1, -0.05) is 0 Å². The van der Waals surface area contributed by atoms with Gasteiger partial charge >= 0.3 is 6.03 Å². The molecule has 1 aliphatic rings. The highest BCUT2D eigenvalue weighted by atomic mass is 16.2. The van der Waals surface area contributed by atoms with Crippen LogP contribution < -0.4 is 10.6 Å². The van der Waals surface area contributed by atoms with Crippen molar-refractivity contribution in [2.45, 2.75) is 38.3 Å². The Morgan fingerprint density at radius 3 is 2.92 bits per heavy atom. The van der Waals surface area contributed by atoms with Gasteiger partial charge in [0.05, 0.1) is 12.5 Å². The molecule has 0 radical (unpaired) electrons. The second kappa shape index (κ2) is 3.96. The highest BCUT2D eigenvalue weighted by Gasteiger charge is 2.23. The molecule has 1 rings (SSSR count). The lowest BCUT2D eigenvalue weighted by atomic mass is 10.3. The van der Waals surface area contributed by atoms with Crippen molar-refractivity contribution in [1.29, 1.82) is 5.26 Å². The summed E-state index contributed by atoms with van der Waals surface area (Å²) >= 11 is 0. The minimum atomic E-state index is -0.153. The first-order chi connectivity index (χ1) is 5.72. The van der Waals surface area contributed by atoms with E-state index in [-0.39, 0.29) is 12.1 Å². The van der Waals surface area contributed by atoms with Crippen LogP contribution in [0.2, 0.25) is 0 Å².